The average molecular weight is 275 g/mol. The summed E-state index contributed by atoms with van der Waals surface area (Å²) >= 11 is 5.86. The minimum atomic E-state index is 0.386. The number of halogens is 1. The van der Waals surface area contributed by atoms with Crippen molar-refractivity contribution in [3.05, 3.63) is 23.8 Å². The summed E-state index contributed by atoms with van der Waals surface area (Å²) in [5.74, 6) is 1.92. The zero-order valence-electron chi connectivity index (χ0n) is 10.8. The van der Waals surface area contributed by atoms with Crippen LogP contribution < -0.4 is 9.47 Å². The highest BCUT2D eigenvalue weighted by Crippen LogP contribution is 2.25. The van der Waals surface area contributed by atoms with Crippen molar-refractivity contribution < 1.29 is 18.9 Å². The van der Waals surface area contributed by atoms with Gasteiger partial charge in [-0.25, -0.2) is 0 Å². The van der Waals surface area contributed by atoms with Crippen molar-refractivity contribution in [3.63, 3.8) is 0 Å². The number of rotatable bonds is 9. The fraction of sp³-hybridized carbons (Fsp3) is 0.538. The van der Waals surface area contributed by atoms with Gasteiger partial charge in [-0.1, -0.05) is 0 Å². The second-order valence-electron chi connectivity index (χ2n) is 3.56. The summed E-state index contributed by atoms with van der Waals surface area (Å²) in [6.45, 7) is 2.18. The Morgan fingerprint density at radius 2 is 1.83 bits per heavy atom. The summed E-state index contributed by atoms with van der Waals surface area (Å²) in [4.78, 5) is 0. The van der Waals surface area contributed by atoms with E-state index in [0.717, 1.165) is 17.1 Å². The minimum Gasteiger partial charge on any atom is -0.497 e. The Hall–Kier alpha value is -0.970. The first kappa shape index (κ1) is 15.1. The molecule has 4 nitrogen and oxygen atoms in total. The molecule has 0 amide bonds. The largest absolute Gasteiger partial charge is 0.497 e. The van der Waals surface area contributed by atoms with E-state index in [4.69, 9.17) is 30.5 Å². The van der Waals surface area contributed by atoms with Crippen LogP contribution in [0.1, 0.15) is 5.56 Å². The summed E-state index contributed by atoms with van der Waals surface area (Å²) in [7, 11) is 3.27. The number of hydrogen-bond donors (Lipinski definition) is 0. The van der Waals surface area contributed by atoms with E-state index in [1.807, 2.05) is 18.2 Å². The van der Waals surface area contributed by atoms with Crippen LogP contribution in [0.4, 0.5) is 0 Å². The second kappa shape index (κ2) is 9.03. The van der Waals surface area contributed by atoms with Crippen LogP contribution >= 0.6 is 11.6 Å². The standard InChI is InChI=1S/C13H19ClO4/c1-15-5-6-17-7-8-18-13-4-3-12(16-2)9-11(13)10-14/h3-4,9H,5-8,10H2,1-2H3. The lowest BCUT2D eigenvalue weighted by Crippen LogP contribution is -2.10. The molecule has 1 aromatic carbocycles. The van der Waals surface area contributed by atoms with E-state index in [1.54, 1.807) is 14.2 Å². The zero-order chi connectivity index (χ0) is 13.2. The van der Waals surface area contributed by atoms with Crippen molar-refractivity contribution in [3.8, 4) is 11.5 Å². The van der Waals surface area contributed by atoms with Crippen molar-refractivity contribution in [1.29, 1.82) is 0 Å². The predicted octanol–water partition coefficient (Wildman–Crippen LogP) is 2.48. The van der Waals surface area contributed by atoms with Crippen molar-refractivity contribution in [2.24, 2.45) is 0 Å². The van der Waals surface area contributed by atoms with Crippen LogP contribution in [0.2, 0.25) is 0 Å². The summed E-state index contributed by atoms with van der Waals surface area (Å²) in [6.07, 6.45) is 0. The quantitative estimate of drug-likeness (QED) is 0.512. The Kier molecular flexibility index (Phi) is 7.57. The molecule has 0 aliphatic carbocycles. The van der Waals surface area contributed by atoms with E-state index >= 15 is 0 Å². The first-order valence-electron chi connectivity index (χ1n) is 5.74. The SMILES string of the molecule is COCCOCCOc1ccc(OC)cc1CCl. The highest BCUT2D eigenvalue weighted by molar-refractivity contribution is 6.17. The van der Waals surface area contributed by atoms with Gasteiger partial charge in [0.05, 0.1) is 32.8 Å². The minimum absolute atomic E-state index is 0.386. The molecular formula is C13H19ClO4. The maximum atomic E-state index is 5.86. The molecule has 0 aliphatic rings. The Bertz CT molecular complexity index is 344. The molecule has 0 aliphatic heterocycles. The van der Waals surface area contributed by atoms with Crippen LogP contribution in [-0.4, -0.2) is 40.6 Å². The van der Waals surface area contributed by atoms with Crippen LogP contribution in [0.5, 0.6) is 11.5 Å². The molecule has 0 radical (unpaired) electrons. The summed E-state index contributed by atoms with van der Waals surface area (Å²) < 4.78 is 20.9. The van der Waals surface area contributed by atoms with E-state index in [1.165, 1.54) is 0 Å². The Balaban J connectivity index is 2.37. The van der Waals surface area contributed by atoms with E-state index < -0.39 is 0 Å². The molecule has 0 spiro atoms. The zero-order valence-corrected chi connectivity index (χ0v) is 11.5. The molecule has 0 saturated heterocycles. The van der Waals surface area contributed by atoms with Crippen molar-refractivity contribution in [2.75, 3.05) is 40.6 Å². The predicted molar refractivity (Wildman–Crippen MR) is 70.7 cm³/mol. The second-order valence-corrected chi connectivity index (χ2v) is 3.83. The van der Waals surface area contributed by atoms with Gasteiger partial charge in [0.25, 0.3) is 0 Å². The maximum absolute atomic E-state index is 5.86. The molecule has 0 heterocycles. The summed E-state index contributed by atoms with van der Waals surface area (Å²) in [5, 5.41) is 0. The molecule has 0 atom stereocenters. The number of hydrogen-bond acceptors (Lipinski definition) is 4. The van der Waals surface area contributed by atoms with Crippen LogP contribution in [0.3, 0.4) is 0 Å². The lowest BCUT2D eigenvalue weighted by Gasteiger charge is -2.11. The molecule has 0 N–H and O–H groups in total. The monoisotopic (exact) mass is 274 g/mol. The lowest BCUT2D eigenvalue weighted by atomic mass is 10.2. The maximum Gasteiger partial charge on any atom is 0.124 e. The van der Waals surface area contributed by atoms with Gasteiger partial charge in [0.1, 0.15) is 18.1 Å². The van der Waals surface area contributed by atoms with E-state index in [0.29, 0.717) is 32.3 Å². The van der Waals surface area contributed by atoms with Crippen LogP contribution in [0, 0.1) is 0 Å². The van der Waals surface area contributed by atoms with Crippen molar-refractivity contribution >= 4 is 11.6 Å². The Labute approximate surface area is 113 Å². The van der Waals surface area contributed by atoms with Gasteiger partial charge in [-0.2, -0.15) is 0 Å². The lowest BCUT2D eigenvalue weighted by molar-refractivity contribution is 0.0543. The van der Waals surface area contributed by atoms with Gasteiger partial charge in [0, 0.05) is 12.7 Å². The number of benzene rings is 1. The van der Waals surface area contributed by atoms with Gasteiger partial charge in [-0.3, -0.25) is 0 Å². The van der Waals surface area contributed by atoms with Gasteiger partial charge < -0.3 is 18.9 Å². The first-order chi connectivity index (χ1) is 8.81. The summed E-state index contributed by atoms with van der Waals surface area (Å²) in [6, 6.07) is 5.57. The van der Waals surface area contributed by atoms with Crippen molar-refractivity contribution in [1.82, 2.24) is 0 Å². The molecule has 0 fully saturated rings. The fourth-order valence-electron chi connectivity index (χ4n) is 1.38. The van der Waals surface area contributed by atoms with Gasteiger partial charge in [0.15, 0.2) is 0 Å². The Morgan fingerprint density at radius 3 is 2.50 bits per heavy atom. The highest BCUT2D eigenvalue weighted by Gasteiger charge is 2.04. The molecule has 18 heavy (non-hydrogen) atoms. The smallest absolute Gasteiger partial charge is 0.124 e. The number of methoxy groups -OCH3 is 2. The average Bonchev–Trinajstić information content (AvgIpc) is 2.42. The highest BCUT2D eigenvalue weighted by atomic mass is 35.5. The molecule has 0 aromatic heterocycles. The molecular weight excluding hydrogens is 256 g/mol. The topological polar surface area (TPSA) is 36.9 Å². The number of alkyl halides is 1. The summed E-state index contributed by atoms with van der Waals surface area (Å²) in [5.41, 5.74) is 0.910. The Morgan fingerprint density at radius 1 is 1.06 bits per heavy atom. The van der Waals surface area contributed by atoms with Crippen molar-refractivity contribution in [2.45, 2.75) is 5.88 Å². The van der Waals surface area contributed by atoms with Crippen LogP contribution in [-0.2, 0) is 15.4 Å². The third kappa shape index (κ3) is 5.12. The molecule has 102 valence electrons. The van der Waals surface area contributed by atoms with Gasteiger partial charge in [0.2, 0.25) is 0 Å². The fourth-order valence-corrected chi connectivity index (χ4v) is 1.59. The molecule has 1 aromatic rings. The van der Waals surface area contributed by atoms with E-state index in [9.17, 15) is 0 Å². The molecule has 0 saturated carbocycles. The third-order valence-electron chi connectivity index (χ3n) is 2.33. The molecule has 0 unspecified atom stereocenters. The van der Waals surface area contributed by atoms with Gasteiger partial charge >= 0.3 is 0 Å². The van der Waals surface area contributed by atoms with Gasteiger partial charge in [-0.15, -0.1) is 11.6 Å². The van der Waals surface area contributed by atoms with E-state index in [-0.39, 0.29) is 0 Å². The third-order valence-corrected chi connectivity index (χ3v) is 2.62. The molecule has 0 bridgehead atoms. The van der Waals surface area contributed by atoms with Crippen LogP contribution in [0.15, 0.2) is 18.2 Å². The first-order valence-corrected chi connectivity index (χ1v) is 6.27. The molecule has 5 heteroatoms. The normalized spacial score (nSPS) is 10.4. The van der Waals surface area contributed by atoms with E-state index in [2.05, 4.69) is 0 Å². The van der Waals surface area contributed by atoms with Gasteiger partial charge in [-0.05, 0) is 18.2 Å². The number of ether oxygens (including phenoxy) is 4. The molecule has 1 rings (SSSR count). The van der Waals surface area contributed by atoms with Crippen LogP contribution in [0.25, 0.3) is 0 Å².